The summed E-state index contributed by atoms with van der Waals surface area (Å²) in [7, 11) is 1.35. The number of fused-ring (bicyclic) bond motifs is 1. The molecule has 0 bridgehead atoms. The van der Waals surface area contributed by atoms with E-state index in [1.165, 1.54) is 14.0 Å². The molecule has 2 rings (SSSR count). The molecule has 0 saturated carbocycles. The van der Waals surface area contributed by atoms with Gasteiger partial charge in [0.25, 0.3) is 0 Å². The van der Waals surface area contributed by atoms with Gasteiger partial charge in [-0.1, -0.05) is 6.07 Å². The van der Waals surface area contributed by atoms with Crippen molar-refractivity contribution in [1.82, 2.24) is 5.32 Å². The number of aryl methyl sites for hydroxylation is 1. The van der Waals surface area contributed by atoms with E-state index in [0.29, 0.717) is 13.0 Å². The molecule has 1 heterocycles. The first-order chi connectivity index (χ1) is 8.52. The van der Waals surface area contributed by atoms with Gasteiger partial charge in [-0.25, -0.2) is 0 Å². The van der Waals surface area contributed by atoms with Crippen LogP contribution in [0.15, 0.2) is 18.2 Å². The Bertz CT molecular complexity index is 443. The molecule has 0 unspecified atom stereocenters. The third-order valence-electron chi connectivity index (χ3n) is 2.57. The zero-order valence-corrected chi connectivity index (χ0v) is 10.5. The minimum absolute atomic E-state index is 0.0793. The lowest BCUT2D eigenvalue weighted by molar-refractivity contribution is -0.138. The average molecular weight is 251 g/mol. The Hall–Kier alpha value is -2.04. The van der Waals surface area contributed by atoms with Gasteiger partial charge in [-0.3, -0.25) is 9.59 Å². The van der Waals surface area contributed by atoms with Gasteiger partial charge in [0.15, 0.2) is 0 Å². The second kappa shape index (κ2) is 6.64. The number of esters is 1. The zero-order chi connectivity index (χ0) is 13.5. The van der Waals surface area contributed by atoms with Gasteiger partial charge in [-0.05, 0) is 29.7 Å². The molecular weight excluding hydrogens is 234 g/mol. The molecule has 0 aromatic heterocycles. The van der Waals surface area contributed by atoms with Gasteiger partial charge in [0, 0.05) is 19.9 Å². The molecule has 18 heavy (non-hydrogen) atoms. The number of hydrogen-bond donors (Lipinski definition) is 2. The molecule has 0 saturated heterocycles. The molecule has 1 aliphatic rings. The largest absolute Gasteiger partial charge is 0.508 e. The van der Waals surface area contributed by atoms with Crippen LogP contribution in [-0.2, 0) is 27.3 Å². The van der Waals surface area contributed by atoms with Crippen molar-refractivity contribution in [3.05, 3.63) is 29.3 Å². The average Bonchev–Trinajstić information content (AvgIpc) is 2.52. The standard InChI is InChI=1S/C10H11NO2.C3H6O2/c12-9-3-1-7-2-4-10(13)11-6-8(7)5-9;1-3(4)5-2/h1,3,5,12H,2,4,6H2,(H,11,13);1-2H3. The Morgan fingerprint density at radius 1 is 1.33 bits per heavy atom. The summed E-state index contributed by atoms with van der Waals surface area (Å²) in [5, 5.41) is 12.0. The van der Waals surface area contributed by atoms with Gasteiger partial charge < -0.3 is 15.2 Å². The van der Waals surface area contributed by atoms with Crippen molar-refractivity contribution in [2.75, 3.05) is 7.11 Å². The maximum absolute atomic E-state index is 11.1. The van der Waals surface area contributed by atoms with Gasteiger partial charge in [0.2, 0.25) is 5.91 Å². The number of phenolic OH excluding ortho intramolecular Hbond substituents is 1. The molecule has 1 aliphatic heterocycles. The van der Waals surface area contributed by atoms with Gasteiger partial charge in [0.05, 0.1) is 7.11 Å². The predicted octanol–water partition coefficient (Wildman–Crippen LogP) is 1.13. The number of aromatic hydroxyl groups is 1. The van der Waals surface area contributed by atoms with Gasteiger partial charge in [-0.15, -0.1) is 0 Å². The quantitative estimate of drug-likeness (QED) is 0.678. The van der Waals surface area contributed by atoms with E-state index >= 15 is 0 Å². The van der Waals surface area contributed by atoms with Gasteiger partial charge in [0.1, 0.15) is 5.75 Å². The van der Waals surface area contributed by atoms with E-state index in [1.54, 1.807) is 12.1 Å². The molecule has 1 amide bonds. The van der Waals surface area contributed by atoms with Crippen LogP contribution in [0.25, 0.3) is 0 Å². The first kappa shape index (κ1) is 14.0. The Labute approximate surface area is 106 Å². The van der Waals surface area contributed by atoms with E-state index in [-0.39, 0.29) is 17.6 Å². The fourth-order valence-electron chi connectivity index (χ4n) is 1.55. The first-order valence-electron chi connectivity index (χ1n) is 5.65. The number of methoxy groups -OCH3 is 1. The molecule has 0 radical (unpaired) electrons. The molecule has 5 nitrogen and oxygen atoms in total. The number of amides is 1. The van der Waals surface area contributed by atoms with E-state index in [2.05, 4.69) is 10.1 Å². The molecule has 98 valence electrons. The Morgan fingerprint density at radius 2 is 2.00 bits per heavy atom. The van der Waals surface area contributed by atoms with Gasteiger partial charge >= 0.3 is 5.97 Å². The lowest BCUT2D eigenvalue weighted by Crippen LogP contribution is -2.20. The summed E-state index contributed by atoms with van der Waals surface area (Å²) in [4.78, 5) is 20.7. The van der Waals surface area contributed by atoms with Crippen molar-refractivity contribution in [3.8, 4) is 5.75 Å². The number of ether oxygens (including phenoxy) is 1. The second-order valence-electron chi connectivity index (χ2n) is 3.93. The summed E-state index contributed by atoms with van der Waals surface area (Å²) < 4.78 is 4.11. The van der Waals surface area contributed by atoms with Crippen LogP contribution >= 0.6 is 0 Å². The van der Waals surface area contributed by atoms with Crippen LogP contribution in [0.5, 0.6) is 5.75 Å². The SMILES string of the molecule is COC(C)=O.O=C1CCc2ccc(O)cc2CN1. The van der Waals surface area contributed by atoms with E-state index in [4.69, 9.17) is 0 Å². The van der Waals surface area contributed by atoms with Crippen LogP contribution in [0.1, 0.15) is 24.5 Å². The zero-order valence-electron chi connectivity index (χ0n) is 10.5. The number of carbonyl (C=O) groups is 2. The normalized spacial score (nSPS) is 13.3. The van der Waals surface area contributed by atoms with E-state index < -0.39 is 0 Å². The minimum atomic E-state index is -0.245. The summed E-state index contributed by atoms with van der Waals surface area (Å²) in [6.07, 6.45) is 1.30. The van der Waals surface area contributed by atoms with Crippen LogP contribution in [0.4, 0.5) is 0 Å². The summed E-state index contributed by atoms with van der Waals surface area (Å²) in [5.41, 5.74) is 2.17. The van der Waals surface area contributed by atoms with Crippen LogP contribution in [0, 0.1) is 0 Å². The fraction of sp³-hybridized carbons (Fsp3) is 0.385. The third kappa shape index (κ3) is 4.45. The van der Waals surface area contributed by atoms with Crippen molar-refractivity contribution >= 4 is 11.9 Å². The maximum atomic E-state index is 11.1. The minimum Gasteiger partial charge on any atom is -0.508 e. The molecule has 1 aromatic rings. The summed E-state index contributed by atoms with van der Waals surface area (Å²) in [5.74, 6) is 0.0931. The number of hydrogen-bond acceptors (Lipinski definition) is 4. The highest BCUT2D eigenvalue weighted by molar-refractivity contribution is 5.77. The van der Waals surface area contributed by atoms with Crippen molar-refractivity contribution < 1.29 is 19.4 Å². The molecule has 0 fully saturated rings. The van der Waals surface area contributed by atoms with E-state index in [0.717, 1.165) is 17.5 Å². The van der Waals surface area contributed by atoms with Crippen molar-refractivity contribution in [2.24, 2.45) is 0 Å². The number of nitrogens with one attached hydrogen (secondary N) is 1. The lowest BCUT2D eigenvalue weighted by atomic mass is 10.0. The number of rotatable bonds is 0. The summed E-state index contributed by atoms with van der Waals surface area (Å²) >= 11 is 0. The number of benzene rings is 1. The molecule has 0 spiro atoms. The second-order valence-corrected chi connectivity index (χ2v) is 3.93. The molecule has 2 N–H and O–H groups in total. The number of phenols is 1. The molecule has 1 aromatic carbocycles. The number of carbonyl (C=O) groups excluding carboxylic acids is 2. The molecule has 0 atom stereocenters. The smallest absolute Gasteiger partial charge is 0.302 e. The monoisotopic (exact) mass is 251 g/mol. The third-order valence-corrected chi connectivity index (χ3v) is 2.57. The van der Waals surface area contributed by atoms with Crippen molar-refractivity contribution in [2.45, 2.75) is 26.3 Å². The topological polar surface area (TPSA) is 75.6 Å². The highest BCUT2D eigenvalue weighted by Crippen LogP contribution is 2.19. The predicted molar refractivity (Wildman–Crippen MR) is 66.0 cm³/mol. The Morgan fingerprint density at radius 3 is 2.61 bits per heavy atom. The first-order valence-corrected chi connectivity index (χ1v) is 5.65. The lowest BCUT2D eigenvalue weighted by Gasteiger charge is -2.04. The van der Waals surface area contributed by atoms with Gasteiger partial charge in [-0.2, -0.15) is 0 Å². The van der Waals surface area contributed by atoms with Crippen LogP contribution in [-0.4, -0.2) is 24.1 Å². The van der Waals surface area contributed by atoms with Crippen molar-refractivity contribution in [1.29, 1.82) is 0 Å². The van der Waals surface area contributed by atoms with Crippen molar-refractivity contribution in [3.63, 3.8) is 0 Å². The van der Waals surface area contributed by atoms with E-state index in [9.17, 15) is 14.7 Å². The summed E-state index contributed by atoms with van der Waals surface area (Å²) in [6.45, 7) is 1.89. The highest BCUT2D eigenvalue weighted by atomic mass is 16.5. The highest BCUT2D eigenvalue weighted by Gasteiger charge is 2.11. The van der Waals surface area contributed by atoms with Crippen LogP contribution < -0.4 is 5.32 Å². The fourth-order valence-corrected chi connectivity index (χ4v) is 1.55. The van der Waals surface area contributed by atoms with Crippen LogP contribution in [0.2, 0.25) is 0 Å². The van der Waals surface area contributed by atoms with E-state index in [1.807, 2.05) is 6.07 Å². The molecule has 5 heteroatoms. The summed E-state index contributed by atoms with van der Waals surface area (Å²) in [6, 6.07) is 5.25. The maximum Gasteiger partial charge on any atom is 0.302 e. The molecule has 0 aliphatic carbocycles. The molecular formula is C13H17NO4. The Kier molecular flexibility index (Phi) is 5.17. The van der Waals surface area contributed by atoms with Crippen LogP contribution in [0.3, 0.4) is 0 Å². The Balaban J connectivity index is 0.000000280.